The van der Waals surface area contributed by atoms with Crippen molar-refractivity contribution in [2.24, 2.45) is 0 Å². The number of halogens is 5. The smallest absolute Gasteiger partial charge is 0.405 e. The van der Waals surface area contributed by atoms with Gasteiger partial charge < -0.3 is 10.1 Å². The number of alkyl halides is 3. The molecule has 100 valence electrons. The Kier molecular flexibility index (Phi) is 5.10. The molecule has 1 amide bonds. The summed E-state index contributed by atoms with van der Waals surface area (Å²) in [6.07, 6.45) is -4.45. The van der Waals surface area contributed by atoms with Crippen LogP contribution in [0.5, 0.6) is 5.75 Å². The van der Waals surface area contributed by atoms with Gasteiger partial charge in [0.1, 0.15) is 12.3 Å². The van der Waals surface area contributed by atoms with Crippen LogP contribution < -0.4 is 10.1 Å². The second-order valence-electron chi connectivity index (χ2n) is 3.26. The van der Waals surface area contributed by atoms with E-state index in [1.54, 1.807) is 5.32 Å². The maximum absolute atomic E-state index is 11.8. The second-order valence-corrected chi connectivity index (χ2v) is 4.10. The summed E-state index contributed by atoms with van der Waals surface area (Å²) in [5.74, 6) is -0.769. The van der Waals surface area contributed by atoms with E-state index in [1.165, 1.54) is 18.2 Å². The lowest BCUT2D eigenvalue weighted by Gasteiger charge is -2.10. The maximum atomic E-state index is 11.8. The van der Waals surface area contributed by atoms with E-state index in [0.29, 0.717) is 5.02 Å². The molecule has 1 N–H and O–H groups in total. The molecule has 0 aliphatic carbocycles. The molecule has 0 unspecified atom stereocenters. The zero-order chi connectivity index (χ0) is 13.8. The van der Waals surface area contributed by atoms with Crippen molar-refractivity contribution in [2.45, 2.75) is 6.18 Å². The molecule has 0 radical (unpaired) electrons. The Hall–Kier alpha value is -1.14. The minimum atomic E-state index is -4.45. The van der Waals surface area contributed by atoms with Crippen molar-refractivity contribution in [3.8, 4) is 5.75 Å². The molecule has 0 bridgehead atoms. The van der Waals surface area contributed by atoms with Crippen LogP contribution in [-0.4, -0.2) is 25.2 Å². The molecular formula is C10H8Cl2F3NO2. The fourth-order valence-corrected chi connectivity index (χ4v) is 1.32. The number of rotatable bonds is 4. The topological polar surface area (TPSA) is 38.3 Å². The summed E-state index contributed by atoms with van der Waals surface area (Å²) in [5, 5.41) is 2.21. The summed E-state index contributed by atoms with van der Waals surface area (Å²) < 4.78 is 40.4. The highest BCUT2D eigenvalue weighted by molar-refractivity contribution is 6.34. The number of ether oxygens (including phenoxy) is 1. The lowest BCUT2D eigenvalue weighted by Crippen LogP contribution is -2.36. The third-order valence-electron chi connectivity index (χ3n) is 1.74. The van der Waals surface area contributed by atoms with Gasteiger partial charge in [-0.25, -0.2) is 0 Å². The minimum absolute atomic E-state index is 0.131. The van der Waals surface area contributed by atoms with Crippen molar-refractivity contribution in [3.05, 3.63) is 28.2 Å². The minimum Gasteiger partial charge on any atom is -0.482 e. The summed E-state index contributed by atoms with van der Waals surface area (Å²) in [6.45, 7) is -1.98. The predicted molar refractivity (Wildman–Crippen MR) is 61.0 cm³/mol. The van der Waals surface area contributed by atoms with E-state index in [4.69, 9.17) is 27.9 Å². The first-order valence-electron chi connectivity index (χ1n) is 4.69. The summed E-state index contributed by atoms with van der Waals surface area (Å²) in [4.78, 5) is 11.0. The molecule has 3 nitrogen and oxygen atoms in total. The quantitative estimate of drug-likeness (QED) is 0.928. The molecule has 1 rings (SSSR count). The summed E-state index contributed by atoms with van der Waals surface area (Å²) in [5.41, 5.74) is 0. The van der Waals surface area contributed by atoms with Crippen LogP contribution >= 0.6 is 23.2 Å². The molecule has 0 aliphatic rings. The van der Waals surface area contributed by atoms with E-state index in [9.17, 15) is 18.0 Å². The molecule has 1 aromatic rings. The number of carbonyl (C=O) groups is 1. The van der Waals surface area contributed by atoms with Crippen LogP contribution in [0, 0.1) is 0 Å². The maximum Gasteiger partial charge on any atom is 0.405 e. The zero-order valence-electron chi connectivity index (χ0n) is 8.85. The predicted octanol–water partition coefficient (Wildman–Crippen LogP) is 3.05. The highest BCUT2D eigenvalue weighted by Gasteiger charge is 2.27. The highest BCUT2D eigenvalue weighted by atomic mass is 35.5. The Morgan fingerprint density at radius 3 is 2.61 bits per heavy atom. The van der Waals surface area contributed by atoms with Gasteiger partial charge in [-0.2, -0.15) is 13.2 Å². The zero-order valence-corrected chi connectivity index (χ0v) is 10.4. The largest absolute Gasteiger partial charge is 0.482 e. The fraction of sp³-hybridized carbons (Fsp3) is 0.300. The number of nitrogens with one attached hydrogen (secondary N) is 1. The Morgan fingerprint density at radius 2 is 2.00 bits per heavy atom. The van der Waals surface area contributed by atoms with Gasteiger partial charge in [-0.15, -0.1) is 0 Å². The van der Waals surface area contributed by atoms with Gasteiger partial charge in [0.15, 0.2) is 6.61 Å². The molecule has 0 fully saturated rings. The molecule has 0 saturated carbocycles. The van der Waals surface area contributed by atoms with Crippen LogP contribution in [0.2, 0.25) is 10.0 Å². The lowest BCUT2D eigenvalue weighted by molar-refractivity contribution is -0.139. The molecule has 0 spiro atoms. The molecule has 18 heavy (non-hydrogen) atoms. The third kappa shape index (κ3) is 5.46. The van der Waals surface area contributed by atoms with Gasteiger partial charge in [-0.3, -0.25) is 4.79 Å². The standard InChI is InChI=1S/C10H8Cl2F3NO2/c11-6-1-2-7(12)8(3-6)18-4-9(17)16-5-10(13,14)15/h1-3H,4-5H2,(H,16,17). The third-order valence-corrected chi connectivity index (χ3v) is 2.29. The van der Waals surface area contributed by atoms with Gasteiger partial charge in [0, 0.05) is 11.1 Å². The molecule has 0 aromatic heterocycles. The van der Waals surface area contributed by atoms with E-state index in [1.807, 2.05) is 0 Å². The van der Waals surface area contributed by atoms with Crippen molar-refractivity contribution >= 4 is 29.1 Å². The Bertz CT molecular complexity index is 438. The van der Waals surface area contributed by atoms with Gasteiger partial charge in [-0.1, -0.05) is 23.2 Å². The molecule has 0 atom stereocenters. The van der Waals surface area contributed by atoms with Gasteiger partial charge in [0.25, 0.3) is 5.91 Å². The molecule has 0 heterocycles. The first kappa shape index (κ1) is 14.9. The van der Waals surface area contributed by atoms with Crippen molar-refractivity contribution in [1.82, 2.24) is 5.32 Å². The first-order chi connectivity index (χ1) is 8.28. The Morgan fingerprint density at radius 1 is 1.33 bits per heavy atom. The van der Waals surface area contributed by atoms with Crippen LogP contribution in [-0.2, 0) is 4.79 Å². The number of carbonyl (C=O) groups excluding carboxylic acids is 1. The van der Waals surface area contributed by atoms with Crippen LogP contribution in [0.3, 0.4) is 0 Å². The van der Waals surface area contributed by atoms with E-state index in [-0.39, 0.29) is 10.8 Å². The molecule has 1 aromatic carbocycles. The molecule has 0 aliphatic heterocycles. The van der Waals surface area contributed by atoms with Crippen LogP contribution in [0.1, 0.15) is 0 Å². The Labute approximate surface area is 111 Å². The summed E-state index contributed by atoms with van der Waals surface area (Å²) in [6, 6.07) is 4.33. The van der Waals surface area contributed by atoms with Crippen LogP contribution in [0.15, 0.2) is 18.2 Å². The molecule has 8 heteroatoms. The second kappa shape index (κ2) is 6.15. The van der Waals surface area contributed by atoms with E-state index in [0.717, 1.165) is 0 Å². The average Bonchev–Trinajstić information content (AvgIpc) is 2.26. The SMILES string of the molecule is O=C(COc1cc(Cl)ccc1Cl)NCC(F)(F)F. The number of amides is 1. The van der Waals surface area contributed by atoms with Crippen LogP contribution in [0.4, 0.5) is 13.2 Å². The Balaban J connectivity index is 2.45. The van der Waals surface area contributed by atoms with Gasteiger partial charge >= 0.3 is 6.18 Å². The fourth-order valence-electron chi connectivity index (χ4n) is 0.981. The van der Waals surface area contributed by atoms with Gasteiger partial charge in [0.05, 0.1) is 5.02 Å². The van der Waals surface area contributed by atoms with Gasteiger partial charge in [-0.05, 0) is 12.1 Å². The number of hydrogen-bond donors (Lipinski definition) is 1. The van der Waals surface area contributed by atoms with E-state index >= 15 is 0 Å². The van der Waals surface area contributed by atoms with Gasteiger partial charge in [0.2, 0.25) is 0 Å². The van der Waals surface area contributed by atoms with Crippen molar-refractivity contribution in [2.75, 3.05) is 13.2 Å². The number of hydrogen-bond acceptors (Lipinski definition) is 2. The van der Waals surface area contributed by atoms with E-state index < -0.39 is 25.2 Å². The molecular weight excluding hydrogens is 294 g/mol. The summed E-state index contributed by atoms with van der Waals surface area (Å²) in [7, 11) is 0. The van der Waals surface area contributed by atoms with Crippen LogP contribution in [0.25, 0.3) is 0 Å². The normalized spacial score (nSPS) is 11.2. The first-order valence-corrected chi connectivity index (χ1v) is 5.45. The van der Waals surface area contributed by atoms with Crippen molar-refractivity contribution in [1.29, 1.82) is 0 Å². The highest BCUT2D eigenvalue weighted by Crippen LogP contribution is 2.27. The summed E-state index contributed by atoms with van der Waals surface area (Å²) >= 11 is 11.4. The molecule has 0 saturated heterocycles. The van der Waals surface area contributed by atoms with Crippen molar-refractivity contribution < 1.29 is 22.7 Å². The average molecular weight is 302 g/mol. The monoisotopic (exact) mass is 301 g/mol. The number of benzene rings is 1. The lowest BCUT2D eigenvalue weighted by atomic mass is 10.3. The van der Waals surface area contributed by atoms with Crippen molar-refractivity contribution in [3.63, 3.8) is 0 Å². The van der Waals surface area contributed by atoms with E-state index in [2.05, 4.69) is 0 Å².